The number of amides is 1. The van der Waals surface area contributed by atoms with E-state index < -0.39 is 5.91 Å². The van der Waals surface area contributed by atoms with Crippen molar-refractivity contribution in [3.05, 3.63) is 107 Å². The van der Waals surface area contributed by atoms with Crippen molar-refractivity contribution < 1.29 is 13.9 Å². The van der Waals surface area contributed by atoms with Gasteiger partial charge in [0, 0.05) is 12.1 Å². The van der Waals surface area contributed by atoms with Gasteiger partial charge in [-0.05, 0) is 41.8 Å². The number of ether oxygens (including phenoxy) is 1. The molecule has 0 radical (unpaired) electrons. The molecule has 5 heteroatoms. The van der Waals surface area contributed by atoms with Gasteiger partial charge in [0.15, 0.2) is 0 Å². The number of nitriles is 1. The van der Waals surface area contributed by atoms with Crippen molar-refractivity contribution in [2.24, 2.45) is 0 Å². The maximum atomic E-state index is 13.6. The van der Waals surface area contributed by atoms with Gasteiger partial charge in [0.1, 0.15) is 29.8 Å². The number of nitrogens with one attached hydrogen (secondary N) is 1. The van der Waals surface area contributed by atoms with Crippen LogP contribution in [0.3, 0.4) is 0 Å². The number of benzene rings is 3. The van der Waals surface area contributed by atoms with Gasteiger partial charge in [-0.3, -0.25) is 4.79 Å². The van der Waals surface area contributed by atoms with E-state index in [2.05, 4.69) is 5.32 Å². The Kier molecular flexibility index (Phi) is 7.34. The molecule has 1 amide bonds. The molecule has 0 unspecified atom stereocenters. The predicted octanol–water partition coefficient (Wildman–Crippen LogP) is 4.67. The zero-order valence-electron chi connectivity index (χ0n) is 16.3. The first kappa shape index (κ1) is 20.8. The lowest BCUT2D eigenvalue weighted by molar-refractivity contribution is -0.117. The van der Waals surface area contributed by atoms with Gasteiger partial charge < -0.3 is 10.1 Å². The number of hydrogen-bond acceptors (Lipinski definition) is 3. The molecule has 0 saturated carbocycles. The average molecular weight is 400 g/mol. The van der Waals surface area contributed by atoms with Crippen LogP contribution < -0.4 is 10.1 Å². The van der Waals surface area contributed by atoms with E-state index >= 15 is 0 Å². The SMILES string of the molecule is N#CC(=Cc1ccc(OCc2ccccc2F)cc1)C(=O)NCCc1ccccc1. The third kappa shape index (κ3) is 6.05. The van der Waals surface area contributed by atoms with Crippen LogP contribution in [0.2, 0.25) is 0 Å². The van der Waals surface area contributed by atoms with Crippen LogP contribution in [0.15, 0.2) is 84.4 Å². The summed E-state index contributed by atoms with van der Waals surface area (Å²) in [7, 11) is 0. The first-order valence-corrected chi connectivity index (χ1v) is 9.56. The van der Waals surface area contributed by atoms with Crippen molar-refractivity contribution >= 4 is 12.0 Å². The van der Waals surface area contributed by atoms with Crippen LogP contribution in [0.4, 0.5) is 4.39 Å². The normalized spacial score (nSPS) is 10.9. The summed E-state index contributed by atoms with van der Waals surface area (Å²) in [5, 5.41) is 12.1. The molecule has 3 aromatic rings. The molecule has 0 aliphatic carbocycles. The Balaban J connectivity index is 1.55. The van der Waals surface area contributed by atoms with Gasteiger partial charge in [0.25, 0.3) is 5.91 Å². The van der Waals surface area contributed by atoms with Crippen molar-refractivity contribution in [1.82, 2.24) is 5.32 Å². The fourth-order valence-electron chi connectivity index (χ4n) is 2.81. The highest BCUT2D eigenvalue weighted by Gasteiger charge is 2.09. The van der Waals surface area contributed by atoms with Gasteiger partial charge in [0.05, 0.1) is 0 Å². The van der Waals surface area contributed by atoms with Crippen LogP contribution in [-0.2, 0) is 17.8 Å². The molecule has 0 bridgehead atoms. The zero-order valence-corrected chi connectivity index (χ0v) is 16.3. The zero-order chi connectivity index (χ0) is 21.2. The highest BCUT2D eigenvalue weighted by atomic mass is 19.1. The Labute approximate surface area is 175 Å². The Morgan fingerprint density at radius 1 is 1.00 bits per heavy atom. The first-order chi connectivity index (χ1) is 14.7. The molecule has 0 fully saturated rings. The molecule has 150 valence electrons. The van der Waals surface area contributed by atoms with Crippen LogP contribution >= 0.6 is 0 Å². The largest absolute Gasteiger partial charge is 0.489 e. The van der Waals surface area contributed by atoms with Gasteiger partial charge in [0.2, 0.25) is 0 Å². The summed E-state index contributed by atoms with van der Waals surface area (Å²) in [5.41, 5.74) is 2.32. The lowest BCUT2D eigenvalue weighted by atomic mass is 10.1. The van der Waals surface area contributed by atoms with E-state index in [1.54, 1.807) is 42.5 Å². The van der Waals surface area contributed by atoms with E-state index in [-0.39, 0.29) is 18.0 Å². The van der Waals surface area contributed by atoms with E-state index in [1.165, 1.54) is 12.1 Å². The van der Waals surface area contributed by atoms with Crippen molar-refractivity contribution in [2.75, 3.05) is 6.54 Å². The lowest BCUT2D eigenvalue weighted by Crippen LogP contribution is -2.26. The van der Waals surface area contributed by atoms with E-state index in [4.69, 9.17) is 4.74 Å². The molecule has 0 spiro atoms. The molecule has 0 heterocycles. The topological polar surface area (TPSA) is 62.1 Å². The Bertz CT molecular complexity index is 1050. The highest BCUT2D eigenvalue weighted by Crippen LogP contribution is 2.17. The van der Waals surface area contributed by atoms with Crippen molar-refractivity contribution in [2.45, 2.75) is 13.0 Å². The second-order valence-corrected chi connectivity index (χ2v) is 6.61. The van der Waals surface area contributed by atoms with Crippen LogP contribution in [0.1, 0.15) is 16.7 Å². The first-order valence-electron chi connectivity index (χ1n) is 9.56. The molecule has 1 N–H and O–H groups in total. The molecular formula is C25H21FN2O2. The molecule has 0 saturated heterocycles. The summed E-state index contributed by atoms with van der Waals surface area (Å²) in [5.74, 6) is -0.150. The molecule has 3 aromatic carbocycles. The van der Waals surface area contributed by atoms with Crippen LogP contribution in [0.5, 0.6) is 5.75 Å². The summed E-state index contributed by atoms with van der Waals surface area (Å²) in [6.07, 6.45) is 2.22. The summed E-state index contributed by atoms with van der Waals surface area (Å²) in [4.78, 5) is 12.3. The van der Waals surface area contributed by atoms with Gasteiger partial charge >= 0.3 is 0 Å². The monoisotopic (exact) mass is 400 g/mol. The molecule has 0 atom stereocenters. The van der Waals surface area contributed by atoms with Crippen molar-refractivity contribution in [3.8, 4) is 11.8 Å². The molecule has 3 rings (SSSR count). The number of carbonyl (C=O) groups excluding carboxylic acids is 1. The van der Waals surface area contributed by atoms with Crippen LogP contribution in [0.25, 0.3) is 6.08 Å². The molecule has 0 aliphatic rings. The summed E-state index contributed by atoms with van der Waals surface area (Å²) in [6, 6.07) is 25.1. The van der Waals surface area contributed by atoms with Crippen LogP contribution in [0, 0.1) is 17.1 Å². The quantitative estimate of drug-likeness (QED) is 0.441. The average Bonchev–Trinajstić information content (AvgIpc) is 2.78. The van der Waals surface area contributed by atoms with Crippen LogP contribution in [-0.4, -0.2) is 12.5 Å². The minimum absolute atomic E-state index is 0.0306. The Hall–Kier alpha value is -3.91. The number of nitrogens with zero attached hydrogens (tertiary/aromatic N) is 1. The number of halogens is 1. The van der Waals surface area contributed by atoms with E-state index in [0.29, 0.717) is 29.8 Å². The Morgan fingerprint density at radius 3 is 2.40 bits per heavy atom. The molecule has 30 heavy (non-hydrogen) atoms. The summed E-state index contributed by atoms with van der Waals surface area (Å²) < 4.78 is 19.2. The maximum absolute atomic E-state index is 13.6. The van der Waals surface area contributed by atoms with E-state index in [0.717, 1.165) is 5.56 Å². The van der Waals surface area contributed by atoms with Gasteiger partial charge in [-0.2, -0.15) is 5.26 Å². The predicted molar refractivity (Wildman–Crippen MR) is 114 cm³/mol. The summed E-state index contributed by atoms with van der Waals surface area (Å²) in [6.45, 7) is 0.569. The second-order valence-electron chi connectivity index (χ2n) is 6.61. The van der Waals surface area contributed by atoms with Crippen molar-refractivity contribution in [1.29, 1.82) is 5.26 Å². The smallest absolute Gasteiger partial charge is 0.261 e. The molecule has 0 aromatic heterocycles. The van der Waals surface area contributed by atoms with Crippen molar-refractivity contribution in [3.63, 3.8) is 0 Å². The molecular weight excluding hydrogens is 379 g/mol. The molecule has 4 nitrogen and oxygen atoms in total. The number of rotatable bonds is 8. The lowest BCUT2D eigenvalue weighted by Gasteiger charge is -2.07. The van der Waals surface area contributed by atoms with Gasteiger partial charge in [-0.15, -0.1) is 0 Å². The number of carbonyl (C=O) groups is 1. The third-order valence-corrected chi connectivity index (χ3v) is 4.45. The minimum Gasteiger partial charge on any atom is -0.489 e. The highest BCUT2D eigenvalue weighted by molar-refractivity contribution is 6.01. The number of hydrogen-bond donors (Lipinski definition) is 1. The summed E-state index contributed by atoms with van der Waals surface area (Å²) >= 11 is 0. The maximum Gasteiger partial charge on any atom is 0.261 e. The van der Waals surface area contributed by atoms with E-state index in [9.17, 15) is 14.4 Å². The third-order valence-electron chi connectivity index (χ3n) is 4.45. The minimum atomic E-state index is -0.409. The Morgan fingerprint density at radius 2 is 1.70 bits per heavy atom. The fraction of sp³-hybridized carbons (Fsp3) is 0.120. The fourth-order valence-corrected chi connectivity index (χ4v) is 2.81. The van der Waals surface area contributed by atoms with Gasteiger partial charge in [-0.1, -0.05) is 60.7 Å². The van der Waals surface area contributed by atoms with E-state index in [1.807, 2.05) is 36.4 Å². The van der Waals surface area contributed by atoms with Gasteiger partial charge in [-0.25, -0.2) is 4.39 Å². The molecule has 0 aliphatic heterocycles. The standard InChI is InChI=1S/C25H21FN2O2/c26-24-9-5-4-8-21(24)18-30-23-12-10-20(11-13-23)16-22(17-27)25(29)28-15-14-19-6-2-1-3-7-19/h1-13,16H,14-15,18H2,(H,28,29). The second kappa shape index (κ2) is 10.6.